The summed E-state index contributed by atoms with van der Waals surface area (Å²) in [6, 6.07) is 7.14. The Balaban J connectivity index is 0.000000481. The third-order valence-corrected chi connectivity index (χ3v) is 4.48. The van der Waals surface area contributed by atoms with Crippen LogP contribution in [0.1, 0.15) is 48.8 Å². The summed E-state index contributed by atoms with van der Waals surface area (Å²) in [7, 11) is 0. The van der Waals surface area contributed by atoms with E-state index in [0.717, 1.165) is 47.7 Å². The van der Waals surface area contributed by atoms with Crippen LogP contribution in [0.15, 0.2) is 24.3 Å². The van der Waals surface area contributed by atoms with E-state index in [1.165, 1.54) is 0 Å². The second-order valence-corrected chi connectivity index (χ2v) is 7.83. The maximum Gasteiger partial charge on any atom is 0.248 e. The number of aromatic nitrogens is 2. The Morgan fingerprint density at radius 2 is 1.78 bits per heavy atom. The average molecular weight is 370 g/mol. The van der Waals surface area contributed by atoms with Crippen LogP contribution in [0.3, 0.4) is 0 Å². The van der Waals surface area contributed by atoms with Gasteiger partial charge in [0.25, 0.3) is 0 Å². The molecule has 1 aliphatic heterocycles. The number of nitrogens with two attached hydrogens (primary N) is 1. The summed E-state index contributed by atoms with van der Waals surface area (Å²) in [5.41, 5.74) is 9.82. The lowest BCUT2D eigenvalue weighted by molar-refractivity contribution is 0.100. The van der Waals surface area contributed by atoms with Gasteiger partial charge in [0, 0.05) is 22.4 Å². The molecule has 6 heteroatoms. The lowest BCUT2D eigenvalue weighted by Crippen LogP contribution is -2.49. The highest BCUT2D eigenvalue weighted by Gasteiger charge is 2.30. The van der Waals surface area contributed by atoms with Crippen LogP contribution in [-0.2, 0) is 12.8 Å². The highest BCUT2D eigenvalue weighted by molar-refractivity contribution is 5.93. The van der Waals surface area contributed by atoms with E-state index in [9.17, 15) is 9.18 Å². The maximum absolute atomic E-state index is 13.1. The quantitative estimate of drug-likeness (QED) is 0.897. The second-order valence-electron chi connectivity index (χ2n) is 7.83. The number of hydrogen-bond acceptors (Lipinski definition) is 4. The maximum atomic E-state index is 13.1. The summed E-state index contributed by atoms with van der Waals surface area (Å²) in [4.78, 5) is 22.4. The third-order valence-electron chi connectivity index (χ3n) is 4.48. The molecule has 4 rings (SSSR count). The molecule has 5 nitrogen and oxygen atoms in total. The van der Waals surface area contributed by atoms with Crippen molar-refractivity contribution in [2.45, 2.75) is 46.2 Å². The molecular weight excluding hydrogens is 343 g/mol. The van der Waals surface area contributed by atoms with E-state index in [-0.39, 0.29) is 0 Å². The van der Waals surface area contributed by atoms with Crippen molar-refractivity contribution in [2.75, 3.05) is 18.0 Å². The lowest BCUT2D eigenvalue weighted by Gasteiger charge is -2.34. The fourth-order valence-electron chi connectivity index (χ4n) is 3.18. The van der Waals surface area contributed by atoms with Gasteiger partial charge in [0.15, 0.2) is 0 Å². The molecule has 0 radical (unpaired) electrons. The molecular formula is C21H27FN4O. The number of halogens is 1. The molecule has 1 aromatic heterocycles. The van der Waals surface area contributed by atoms with Crippen LogP contribution >= 0.6 is 0 Å². The molecule has 1 amide bonds. The van der Waals surface area contributed by atoms with Gasteiger partial charge in [0.05, 0.1) is 18.8 Å². The van der Waals surface area contributed by atoms with E-state index in [4.69, 9.17) is 5.73 Å². The summed E-state index contributed by atoms with van der Waals surface area (Å²) in [5.74, 6) is 0.994. The van der Waals surface area contributed by atoms with Gasteiger partial charge in [0.2, 0.25) is 11.9 Å². The van der Waals surface area contributed by atoms with Gasteiger partial charge < -0.3 is 10.6 Å². The molecule has 144 valence electrons. The van der Waals surface area contributed by atoms with Crippen molar-refractivity contribution in [3.63, 3.8) is 0 Å². The number of carbonyl (C=O) groups is 1. The Morgan fingerprint density at radius 1 is 1.15 bits per heavy atom. The number of amides is 1. The Kier molecular flexibility index (Phi) is 5.73. The number of benzene rings is 1. The first-order chi connectivity index (χ1) is 12.8. The molecule has 0 bridgehead atoms. The molecule has 0 saturated carbocycles. The molecule has 2 aliphatic rings. The van der Waals surface area contributed by atoms with Gasteiger partial charge >= 0.3 is 0 Å². The zero-order chi connectivity index (χ0) is 19.6. The molecule has 2 N–H and O–H groups in total. The number of alkyl halides is 1. The number of aryl methyl sites for hydroxylation is 1. The van der Waals surface area contributed by atoms with Crippen LogP contribution < -0.4 is 10.6 Å². The summed E-state index contributed by atoms with van der Waals surface area (Å²) < 4.78 is 13.1. The van der Waals surface area contributed by atoms with Crippen LogP contribution in [0.25, 0.3) is 11.3 Å². The van der Waals surface area contributed by atoms with E-state index >= 15 is 0 Å². The number of rotatable bonds is 3. The lowest BCUT2D eigenvalue weighted by atomic mass is 10.0. The monoisotopic (exact) mass is 370 g/mol. The van der Waals surface area contributed by atoms with Crippen LogP contribution in [0.5, 0.6) is 0 Å². The van der Waals surface area contributed by atoms with Gasteiger partial charge in [-0.05, 0) is 37.3 Å². The predicted octanol–water partition coefficient (Wildman–Crippen LogP) is 3.55. The average Bonchev–Trinajstić information content (AvgIpc) is 3.06. The van der Waals surface area contributed by atoms with Gasteiger partial charge in [-0.15, -0.1) is 0 Å². The van der Waals surface area contributed by atoms with Gasteiger partial charge in [-0.2, -0.15) is 0 Å². The summed E-state index contributed by atoms with van der Waals surface area (Å²) in [6.07, 6.45) is 2.16. The number of nitrogens with zero attached hydrogens (tertiary/aromatic N) is 3. The van der Waals surface area contributed by atoms with Gasteiger partial charge in [0.1, 0.15) is 6.17 Å². The summed E-state index contributed by atoms with van der Waals surface area (Å²) in [5, 5.41) is 0. The number of fused-ring (bicyclic) bond motifs is 1. The van der Waals surface area contributed by atoms with Crippen LogP contribution in [0, 0.1) is 5.92 Å². The third kappa shape index (κ3) is 4.43. The topological polar surface area (TPSA) is 72.1 Å². The SMILES string of the molecule is CC(C)C.NC(=O)c1ccc(-c2nc(N3CC(F)C3)nc3c2CCC3)cc1. The molecule has 1 fully saturated rings. The fourth-order valence-corrected chi connectivity index (χ4v) is 3.18. The highest BCUT2D eigenvalue weighted by atomic mass is 19.1. The van der Waals surface area contributed by atoms with E-state index in [0.29, 0.717) is 24.6 Å². The Hall–Kier alpha value is -2.50. The van der Waals surface area contributed by atoms with Crippen LogP contribution in [0.4, 0.5) is 10.3 Å². The summed E-state index contributed by atoms with van der Waals surface area (Å²) >= 11 is 0. The first-order valence-electron chi connectivity index (χ1n) is 9.54. The zero-order valence-corrected chi connectivity index (χ0v) is 16.2. The van der Waals surface area contributed by atoms with E-state index in [2.05, 4.69) is 30.7 Å². The Morgan fingerprint density at radius 3 is 2.33 bits per heavy atom. The minimum atomic E-state index is -0.787. The van der Waals surface area contributed by atoms with Crippen molar-refractivity contribution in [1.82, 2.24) is 9.97 Å². The van der Waals surface area contributed by atoms with Crippen molar-refractivity contribution in [1.29, 1.82) is 0 Å². The molecule has 0 spiro atoms. The minimum absolute atomic E-state index is 0.360. The van der Waals surface area contributed by atoms with Crippen LogP contribution in [0.2, 0.25) is 0 Å². The smallest absolute Gasteiger partial charge is 0.248 e. The number of primary amides is 1. The molecule has 1 saturated heterocycles. The second kappa shape index (κ2) is 8.03. The van der Waals surface area contributed by atoms with E-state index < -0.39 is 12.1 Å². The Bertz CT molecular complexity index is 811. The molecule has 1 aliphatic carbocycles. The molecule has 1 aromatic carbocycles. The van der Waals surface area contributed by atoms with Gasteiger partial charge in [-0.1, -0.05) is 32.9 Å². The number of carbonyl (C=O) groups excluding carboxylic acids is 1. The molecule has 2 aromatic rings. The normalized spacial score (nSPS) is 15.8. The number of hydrogen-bond donors (Lipinski definition) is 1. The predicted molar refractivity (Wildman–Crippen MR) is 106 cm³/mol. The largest absolute Gasteiger partial charge is 0.366 e. The van der Waals surface area contributed by atoms with Crippen molar-refractivity contribution in [2.24, 2.45) is 11.7 Å². The van der Waals surface area contributed by atoms with Gasteiger partial charge in [-0.25, -0.2) is 14.4 Å². The van der Waals surface area contributed by atoms with Crippen LogP contribution in [-0.4, -0.2) is 35.1 Å². The zero-order valence-electron chi connectivity index (χ0n) is 16.2. The molecule has 27 heavy (non-hydrogen) atoms. The van der Waals surface area contributed by atoms with Crippen molar-refractivity contribution < 1.29 is 9.18 Å². The first kappa shape index (κ1) is 19.3. The molecule has 0 atom stereocenters. The molecule has 0 unspecified atom stereocenters. The first-order valence-corrected chi connectivity index (χ1v) is 9.54. The minimum Gasteiger partial charge on any atom is -0.366 e. The highest BCUT2D eigenvalue weighted by Crippen LogP contribution is 2.33. The standard InChI is InChI=1S/C17H17FN4O.C4H10/c18-12-8-22(9-12)17-20-14-3-1-2-13(14)15(21-17)10-4-6-11(7-5-10)16(19)23;1-4(2)3/h4-7,12H,1-3,8-9H2,(H2,19,23);4H,1-3H3. The fraction of sp³-hybridized carbons (Fsp3) is 0.476. The van der Waals surface area contributed by atoms with Gasteiger partial charge in [-0.3, -0.25) is 4.79 Å². The molecule has 2 heterocycles. The Labute approximate surface area is 159 Å². The van der Waals surface area contributed by atoms with E-state index in [1.807, 2.05) is 17.0 Å². The van der Waals surface area contributed by atoms with E-state index in [1.54, 1.807) is 12.1 Å². The van der Waals surface area contributed by atoms with Crippen molar-refractivity contribution in [3.05, 3.63) is 41.1 Å². The number of anilines is 1. The van der Waals surface area contributed by atoms with Crippen molar-refractivity contribution >= 4 is 11.9 Å². The van der Waals surface area contributed by atoms with Crippen molar-refractivity contribution in [3.8, 4) is 11.3 Å². The summed E-state index contributed by atoms with van der Waals surface area (Å²) in [6.45, 7) is 7.22.